The standard InChI is InChI=1S/C25H36N2O8.H2S/c1-15-9-19(28)20(29)10-18(15)22(31)34-13-17(35-23(32)25(4)6-7-25)11-27-24(2,3)14-26-21(30)16-5-8-33-12-16;/h9-10,16-17,27-29H,5-8,11-14H2,1-4H3,(H,26,30);1H2/t16?,17-;/m0./s1. The number of carbonyl (C=O) groups is 3. The Hall–Kier alpha value is -2.50. The fraction of sp³-hybridized carbons (Fsp3) is 0.640. The first-order valence-corrected chi connectivity index (χ1v) is 11.9. The van der Waals surface area contributed by atoms with Crippen molar-refractivity contribution in [2.24, 2.45) is 11.3 Å². The molecule has 0 radical (unpaired) electrons. The molecule has 202 valence electrons. The molecular formula is C25H38N2O8S. The molecule has 2 atom stereocenters. The van der Waals surface area contributed by atoms with E-state index < -0.39 is 28.8 Å². The van der Waals surface area contributed by atoms with E-state index in [1.807, 2.05) is 20.8 Å². The van der Waals surface area contributed by atoms with Gasteiger partial charge in [-0.25, -0.2) is 4.79 Å². The summed E-state index contributed by atoms with van der Waals surface area (Å²) >= 11 is 0. The van der Waals surface area contributed by atoms with Crippen LogP contribution in [0.15, 0.2) is 12.1 Å². The highest BCUT2D eigenvalue weighted by Crippen LogP contribution is 2.46. The molecule has 4 N–H and O–H groups in total. The third-order valence-corrected chi connectivity index (χ3v) is 6.52. The molecule has 0 bridgehead atoms. The van der Waals surface area contributed by atoms with E-state index in [-0.39, 0.29) is 55.8 Å². The molecule has 2 fully saturated rings. The van der Waals surface area contributed by atoms with Crippen LogP contribution in [0.1, 0.15) is 56.0 Å². The molecule has 1 aromatic rings. The van der Waals surface area contributed by atoms with Crippen LogP contribution in [0.4, 0.5) is 0 Å². The van der Waals surface area contributed by atoms with Gasteiger partial charge in [0.15, 0.2) is 11.5 Å². The molecule has 36 heavy (non-hydrogen) atoms. The van der Waals surface area contributed by atoms with Crippen molar-refractivity contribution in [1.82, 2.24) is 10.6 Å². The van der Waals surface area contributed by atoms with Crippen LogP contribution in [0.5, 0.6) is 11.5 Å². The molecule has 1 aliphatic heterocycles. The van der Waals surface area contributed by atoms with Crippen LogP contribution < -0.4 is 10.6 Å². The molecule has 1 unspecified atom stereocenters. The molecule has 1 aromatic carbocycles. The summed E-state index contributed by atoms with van der Waals surface area (Å²) in [5.41, 5.74) is -0.487. The van der Waals surface area contributed by atoms with Gasteiger partial charge in [0, 0.05) is 25.2 Å². The zero-order valence-corrected chi connectivity index (χ0v) is 22.3. The molecule has 1 aliphatic carbocycles. The van der Waals surface area contributed by atoms with Gasteiger partial charge in [-0.2, -0.15) is 13.5 Å². The summed E-state index contributed by atoms with van der Waals surface area (Å²) in [5.74, 6) is -2.00. The number of amides is 1. The Morgan fingerprint density at radius 2 is 1.89 bits per heavy atom. The minimum absolute atomic E-state index is 0. The number of carbonyl (C=O) groups excluding carboxylic acids is 3. The molecule has 11 heteroatoms. The van der Waals surface area contributed by atoms with Crippen molar-refractivity contribution in [3.8, 4) is 11.5 Å². The fourth-order valence-electron chi connectivity index (χ4n) is 3.61. The lowest BCUT2D eigenvalue weighted by molar-refractivity contribution is -0.157. The Labute approximate surface area is 218 Å². The van der Waals surface area contributed by atoms with Gasteiger partial charge in [-0.1, -0.05) is 0 Å². The maximum absolute atomic E-state index is 12.6. The van der Waals surface area contributed by atoms with Crippen LogP contribution in [0.3, 0.4) is 0 Å². The average molecular weight is 527 g/mol. The van der Waals surface area contributed by atoms with Gasteiger partial charge in [-0.3, -0.25) is 9.59 Å². The number of phenols is 2. The van der Waals surface area contributed by atoms with Gasteiger partial charge in [-0.05, 0) is 64.7 Å². The fourth-order valence-corrected chi connectivity index (χ4v) is 3.61. The van der Waals surface area contributed by atoms with Gasteiger partial charge in [0.2, 0.25) is 5.91 Å². The monoisotopic (exact) mass is 526 g/mol. The van der Waals surface area contributed by atoms with Crippen molar-refractivity contribution in [1.29, 1.82) is 0 Å². The van der Waals surface area contributed by atoms with Crippen molar-refractivity contribution in [2.45, 2.75) is 58.6 Å². The number of aryl methyl sites for hydroxylation is 1. The quantitative estimate of drug-likeness (QED) is 0.251. The van der Waals surface area contributed by atoms with E-state index in [1.165, 1.54) is 6.07 Å². The SMILES string of the molecule is Cc1cc(O)c(O)cc1C(=O)OC[C@H](CNC(C)(C)CNC(=O)C1CCOC1)OC(=O)C1(C)CC1.S. The number of nitrogens with one attached hydrogen (secondary N) is 2. The lowest BCUT2D eigenvalue weighted by Crippen LogP contribution is -2.53. The molecule has 0 aromatic heterocycles. The number of benzene rings is 1. The second kappa shape index (κ2) is 12.2. The van der Waals surface area contributed by atoms with Crippen LogP contribution in [0, 0.1) is 18.3 Å². The summed E-state index contributed by atoms with van der Waals surface area (Å²) in [7, 11) is 0. The van der Waals surface area contributed by atoms with E-state index in [4.69, 9.17) is 14.2 Å². The van der Waals surface area contributed by atoms with Gasteiger partial charge >= 0.3 is 11.9 Å². The Morgan fingerprint density at radius 3 is 2.50 bits per heavy atom. The van der Waals surface area contributed by atoms with Crippen molar-refractivity contribution in [3.05, 3.63) is 23.3 Å². The second-order valence-corrected chi connectivity index (χ2v) is 10.4. The van der Waals surface area contributed by atoms with Crippen molar-refractivity contribution >= 4 is 31.3 Å². The molecule has 2 aliphatic rings. The van der Waals surface area contributed by atoms with E-state index in [2.05, 4.69) is 10.6 Å². The van der Waals surface area contributed by atoms with E-state index in [0.29, 0.717) is 31.7 Å². The van der Waals surface area contributed by atoms with Crippen molar-refractivity contribution in [2.75, 3.05) is 32.9 Å². The van der Waals surface area contributed by atoms with Gasteiger partial charge in [-0.15, -0.1) is 0 Å². The number of hydrogen-bond acceptors (Lipinski definition) is 9. The van der Waals surface area contributed by atoms with Gasteiger partial charge in [0.25, 0.3) is 0 Å². The smallest absolute Gasteiger partial charge is 0.338 e. The van der Waals surface area contributed by atoms with Crippen LogP contribution in [-0.4, -0.2) is 72.6 Å². The summed E-state index contributed by atoms with van der Waals surface area (Å²) in [6.45, 7) is 8.64. The van der Waals surface area contributed by atoms with Crippen LogP contribution in [0.2, 0.25) is 0 Å². The Balaban J connectivity index is 0.00000456. The summed E-state index contributed by atoms with van der Waals surface area (Å²) in [6, 6.07) is 2.41. The van der Waals surface area contributed by atoms with E-state index in [1.54, 1.807) is 6.92 Å². The first-order chi connectivity index (χ1) is 16.4. The maximum atomic E-state index is 12.6. The van der Waals surface area contributed by atoms with Crippen LogP contribution >= 0.6 is 13.5 Å². The lowest BCUT2D eigenvalue weighted by atomic mass is 10.0. The third-order valence-electron chi connectivity index (χ3n) is 6.52. The number of ether oxygens (including phenoxy) is 3. The van der Waals surface area contributed by atoms with Crippen LogP contribution in [-0.2, 0) is 23.8 Å². The second-order valence-electron chi connectivity index (χ2n) is 10.4. The minimum Gasteiger partial charge on any atom is -0.504 e. The van der Waals surface area contributed by atoms with Gasteiger partial charge < -0.3 is 35.1 Å². The number of aromatic hydroxyl groups is 2. The first-order valence-electron chi connectivity index (χ1n) is 11.9. The minimum atomic E-state index is -0.756. The molecule has 1 amide bonds. The predicted octanol–water partition coefficient (Wildman–Crippen LogP) is 1.91. The van der Waals surface area contributed by atoms with Gasteiger partial charge in [0.1, 0.15) is 12.7 Å². The van der Waals surface area contributed by atoms with E-state index in [9.17, 15) is 24.6 Å². The summed E-state index contributed by atoms with van der Waals surface area (Å²) in [5, 5.41) is 25.5. The van der Waals surface area contributed by atoms with Crippen LogP contribution in [0.25, 0.3) is 0 Å². The maximum Gasteiger partial charge on any atom is 0.338 e. The molecule has 3 rings (SSSR count). The van der Waals surface area contributed by atoms with Gasteiger partial charge in [0.05, 0.1) is 23.5 Å². The number of esters is 2. The zero-order valence-electron chi connectivity index (χ0n) is 21.3. The first kappa shape index (κ1) is 29.7. The van der Waals surface area contributed by atoms with E-state index >= 15 is 0 Å². The Morgan fingerprint density at radius 1 is 1.22 bits per heavy atom. The average Bonchev–Trinajstić information content (AvgIpc) is 3.32. The lowest BCUT2D eigenvalue weighted by Gasteiger charge is -2.30. The highest BCUT2D eigenvalue weighted by molar-refractivity contribution is 7.59. The van der Waals surface area contributed by atoms with E-state index in [0.717, 1.165) is 18.9 Å². The zero-order chi connectivity index (χ0) is 25.8. The molecular weight excluding hydrogens is 488 g/mol. The van der Waals surface area contributed by atoms with Crippen molar-refractivity contribution in [3.63, 3.8) is 0 Å². The highest BCUT2D eigenvalue weighted by Gasteiger charge is 2.47. The Kier molecular flexibility index (Phi) is 10.0. The molecule has 1 heterocycles. The van der Waals surface area contributed by atoms with Crippen molar-refractivity contribution < 1.29 is 38.8 Å². The normalized spacial score (nSPS) is 19.1. The molecule has 1 saturated heterocycles. The summed E-state index contributed by atoms with van der Waals surface area (Å²) in [4.78, 5) is 37.5. The predicted molar refractivity (Wildman–Crippen MR) is 136 cm³/mol. The highest BCUT2D eigenvalue weighted by atomic mass is 32.1. The largest absolute Gasteiger partial charge is 0.504 e. The molecule has 0 spiro atoms. The Bertz CT molecular complexity index is 958. The molecule has 10 nitrogen and oxygen atoms in total. The topological polar surface area (TPSA) is 143 Å². The third kappa shape index (κ3) is 8.01. The molecule has 1 saturated carbocycles. The summed E-state index contributed by atoms with van der Waals surface area (Å²) in [6.07, 6.45) is 1.45. The number of rotatable bonds is 11. The number of hydrogen-bond donors (Lipinski definition) is 4. The summed E-state index contributed by atoms with van der Waals surface area (Å²) < 4.78 is 16.3. The number of phenolic OH excluding ortho intramolecular Hbond substituents is 2.